The van der Waals surface area contributed by atoms with Gasteiger partial charge in [0.05, 0.1) is 21.6 Å². The molecule has 1 fully saturated rings. The molecule has 1 unspecified atom stereocenters. The Kier molecular flexibility index (Phi) is 3.99. The molecule has 98 valence electrons. The summed E-state index contributed by atoms with van der Waals surface area (Å²) in [6.07, 6.45) is 0.554. The molecule has 18 heavy (non-hydrogen) atoms. The van der Waals surface area contributed by atoms with Crippen LogP contribution in [0.2, 0.25) is 10.0 Å². The lowest BCUT2D eigenvalue weighted by Gasteiger charge is -2.08. The molecule has 1 heterocycles. The van der Waals surface area contributed by atoms with Crippen LogP contribution in [0.25, 0.3) is 0 Å². The van der Waals surface area contributed by atoms with Gasteiger partial charge in [-0.1, -0.05) is 35.3 Å². The highest BCUT2D eigenvalue weighted by Crippen LogP contribution is 2.28. The van der Waals surface area contributed by atoms with Crippen molar-refractivity contribution in [3.63, 3.8) is 0 Å². The van der Waals surface area contributed by atoms with Crippen LogP contribution in [0.1, 0.15) is 12.0 Å². The van der Waals surface area contributed by atoms with Crippen LogP contribution < -0.4 is 0 Å². The Hall–Kier alpha value is -0.580. The largest absolute Gasteiger partial charge is 0.299 e. The van der Waals surface area contributed by atoms with E-state index in [1.807, 2.05) is 0 Å². The second-order valence-corrected chi connectivity index (χ2v) is 7.47. The summed E-state index contributed by atoms with van der Waals surface area (Å²) < 4.78 is 22.6. The lowest BCUT2D eigenvalue weighted by atomic mass is 9.97. The highest BCUT2D eigenvalue weighted by atomic mass is 35.5. The van der Waals surface area contributed by atoms with Gasteiger partial charge in [0, 0.05) is 12.3 Å². The number of carbonyl (C=O) groups is 1. The molecule has 0 bridgehead atoms. The van der Waals surface area contributed by atoms with Crippen LogP contribution in [0, 0.1) is 5.92 Å². The van der Waals surface area contributed by atoms with E-state index in [1.54, 1.807) is 18.2 Å². The van der Waals surface area contributed by atoms with Crippen LogP contribution in [0.4, 0.5) is 0 Å². The molecule has 1 aromatic rings. The Morgan fingerprint density at radius 2 is 2.06 bits per heavy atom. The van der Waals surface area contributed by atoms with Crippen LogP contribution in [-0.2, 0) is 21.1 Å². The molecule has 0 N–H and O–H groups in total. The molecule has 0 spiro atoms. The van der Waals surface area contributed by atoms with Gasteiger partial charge in [0.15, 0.2) is 9.84 Å². The SMILES string of the molecule is O=C(Cc1cccc(Cl)c1Cl)C1CCS(=O)(=O)C1. The van der Waals surface area contributed by atoms with Gasteiger partial charge in [-0.15, -0.1) is 0 Å². The molecule has 0 amide bonds. The van der Waals surface area contributed by atoms with E-state index in [1.165, 1.54) is 0 Å². The normalized spacial score (nSPS) is 22.0. The molecule has 0 aromatic heterocycles. The van der Waals surface area contributed by atoms with Crippen LogP contribution in [0.3, 0.4) is 0 Å². The average Bonchev–Trinajstić information content (AvgIpc) is 2.65. The van der Waals surface area contributed by atoms with E-state index in [2.05, 4.69) is 0 Å². The first-order chi connectivity index (χ1) is 8.39. The number of sulfone groups is 1. The number of carbonyl (C=O) groups excluding carboxylic acids is 1. The molecular weight excluding hydrogens is 295 g/mol. The molecule has 0 radical (unpaired) electrons. The Labute approximate surface area is 116 Å². The average molecular weight is 307 g/mol. The number of hydrogen-bond acceptors (Lipinski definition) is 3. The minimum Gasteiger partial charge on any atom is -0.299 e. The summed E-state index contributed by atoms with van der Waals surface area (Å²) in [6, 6.07) is 5.11. The van der Waals surface area contributed by atoms with Crippen LogP contribution in [0.15, 0.2) is 18.2 Å². The molecule has 6 heteroatoms. The molecule has 1 atom stereocenters. The van der Waals surface area contributed by atoms with Gasteiger partial charge in [-0.3, -0.25) is 4.79 Å². The zero-order valence-electron chi connectivity index (χ0n) is 9.53. The summed E-state index contributed by atoms with van der Waals surface area (Å²) in [5.74, 6) is -0.415. The zero-order chi connectivity index (χ0) is 13.3. The van der Waals surface area contributed by atoms with E-state index < -0.39 is 15.8 Å². The number of hydrogen-bond donors (Lipinski definition) is 0. The van der Waals surface area contributed by atoms with Crippen molar-refractivity contribution in [1.29, 1.82) is 0 Å². The summed E-state index contributed by atoms with van der Waals surface area (Å²) in [6.45, 7) is 0. The fourth-order valence-corrected chi connectivity index (χ4v) is 4.23. The monoisotopic (exact) mass is 306 g/mol. The van der Waals surface area contributed by atoms with Gasteiger partial charge in [0.1, 0.15) is 5.78 Å². The van der Waals surface area contributed by atoms with Gasteiger partial charge in [-0.25, -0.2) is 8.42 Å². The number of benzene rings is 1. The van der Waals surface area contributed by atoms with E-state index in [0.717, 1.165) is 0 Å². The number of Topliss-reactive ketones (excluding diaryl/α,β-unsaturated/α-hetero) is 1. The van der Waals surface area contributed by atoms with E-state index in [-0.39, 0.29) is 23.7 Å². The van der Waals surface area contributed by atoms with Gasteiger partial charge < -0.3 is 0 Å². The predicted octanol–water partition coefficient (Wildman–Crippen LogP) is 2.54. The summed E-state index contributed by atoms with van der Waals surface area (Å²) in [7, 11) is -3.03. The number of ketones is 1. The molecule has 1 aliphatic heterocycles. The van der Waals surface area contributed by atoms with Gasteiger partial charge >= 0.3 is 0 Å². The lowest BCUT2D eigenvalue weighted by molar-refractivity contribution is -0.121. The van der Waals surface area contributed by atoms with Crippen molar-refractivity contribution in [2.45, 2.75) is 12.8 Å². The number of halogens is 2. The second kappa shape index (κ2) is 5.19. The highest BCUT2D eigenvalue weighted by Gasteiger charge is 2.32. The summed E-state index contributed by atoms with van der Waals surface area (Å²) in [4.78, 5) is 12.0. The van der Waals surface area contributed by atoms with Crippen molar-refractivity contribution in [3.8, 4) is 0 Å². The third kappa shape index (κ3) is 3.05. The molecule has 0 saturated carbocycles. The van der Waals surface area contributed by atoms with Gasteiger partial charge in [-0.2, -0.15) is 0 Å². The van der Waals surface area contributed by atoms with Crippen molar-refractivity contribution >= 4 is 38.8 Å². The Bertz CT molecular complexity index is 581. The quantitative estimate of drug-likeness (QED) is 0.862. The van der Waals surface area contributed by atoms with Crippen molar-refractivity contribution < 1.29 is 13.2 Å². The van der Waals surface area contributed by atoms with E-state index >= 15 is 0 Å². The Morgan fingerprint density at radius 1 is 1.33 bits per heavy atom. The maximum Gasteiger partial charge on any atom is 0.151 e. The van der Waals surface area contributed by atoms with Gasteiger partial charge in [0.2, 0.25) is 0 Å². The summed E-state index contributed by atoms with van der Waals surface area (Å²) >= 11 is 11.9. The zero-order valence-corrected chi connectivity index (χ0v) is 11.9. The molecule has 1 aliphatic rings. The van der Waals surface area contributed by atoms with E-state index in [0.29, 0.717) is 22.0 Å². The minimum absolute atomic E-state index is 0.0377. The fourth-order valence-electron chi connectivity index (χ4n) is 2.07. The topological polar surface area (TPSA) is 51.2 Å². The van der Waals surface area contributed by atoms with Crippen molar-refractivity contribution in [2.75, 3.05) is 11.5 Å². The summed E-state index contributed by atoms with van der Waals surface area (Å²) in [5, 5.41) is 0.773. The van der Waals surface area contributed by atoms with Crippen molar-refractivity contribution in [2.24, 2.45) is 5.92 Å². The van der Waals surface area contributed by atoms with E-state index in [4.69, 9.17) is 23.2 Å². The first-order valence-corrected chi connectivity index (χ1v) is 8.13. The third-order valence-electron chi connectivity index (χ3n) is 3.08. The molecular formula is C12H12Cl2O3S. The van der Waals surface area contributed by atoms with Crippen LogP contribution >= 0.6 is 23.2 Å². The first kappa shape index (κ1) is 13.8. The standard InChI is InChI=1S/C12H12Cl2O3S/c13-10-3-1-2-8(12(10)14)6-11(15)9-4-5-18(16,17)7-9/h1-3,9H,4-7H2. The summed E-state index contributed by atoms with van der Waals surface area (Å²) in [5.41, 5.74) is 0.651. The predicted molar refractivity (Wildman–Crippen MR) is 71.9 cm³/mol. The van der Waals surface area contributed by atoms with Gasteiger partial charge in [0.25, 0.3) is 0 Å². The minimum atomic E-state index is -3.03. The molecule has 0 aliphatic carbocycles. The first-order valence-electron chi connectivity index (χ1n) is 5.55. The van der Waals surface area contributed by atoms with Crippen LogP contribution in [-0.4, -0.2) is 25.7 Å². The van der Waals surface area contributed by atoms with Crippen molar-refractivity contribution in [3.05, 3.63) is 33.8 Å². The number of rotatable bonds is 3. The molecule has 2 rings (SSSR count). The van der Waals surface area contributed by atoms with Gasteiger partial charge in [-0.05, 0) is 18.1 Å². The molecule has 3 nitrogen and oxygen atoms in total. The highest BCUT2D eigenvalue weighted by molar-refractivity contribution is 7.91. The van der Waals surface area contributed by atoms with E-state index in [9.17, 15) is 13.2 Å². The second-order valence-electron chi connectivity index (χ2n) is 4.46. The third-order valence-corrected chi connectivity index (χ3v) is 5.71. The lowest BCUT2D eigenvalue weighted by Crippen LogP contribution is -2.18. The molecule has 1 saturated heterocycles. The Balaban J connectivity index is 2.11. The Morgan fingerprint density at radius 3 is 2.67 bits per heavy atom. The maximum atomic E-state index is 12.0. The smallest absolute Gasteiger partial charge is 0.151 e. The maximum absolute atomic E-state index is 12.0. The molecule has 1 aromatic carbocycles. The van der Waals surface area contributed by atoms with Crippen molar-refractivity contribution in [1.82, 2.24) is 0 Å². The fraction of sp³-hybridized carbons (Fsp3) is 0.417. The van der Waals surface area contributed by atoms with Crippen LogP contribution in [0.5, 0.6) is 0 Å².